The van der Waals surface area contributed by atoms with Crippen molar-refractivity contribution >= 4 is 5.97 Å². The average molecular weight is 199 g/mol. The minimum absolute atomic E-state index is 0.201. The molecule has 1 aliphatic rings. The van der Waals surface area contributed by atoms with Crippen LogP contribution in [-0.4, -0.2) is 22.8 Å². The Balaban J connectivity index is 2.73. The molecule has 1 aliphatic carbocycles. The van der Waals surface area contributed by atoms with E-state index in [-0.39, 0.29) is 6.42 Å². The number of nitrogens with zero attached hydrogens (tertiary/aromatic N) is 1. The summed E-state index contributed by atoms with van der Waals surface area (Å²) in [6.45, 7) is -0.462. The van der Waals surface area contributed by atoms with Crippen LogP contribution in [0.4, 0.5) is 0 Å². The minimum Gasteiger partial charge on any atom is -0.481 e. The first-order valence-corrected chi connectivity index (χ1v) is 3.92. The molecule has 0 radical (unpaired) electrons. The van der Waals surface area contributed by atoms with Crippen LogP contribution in [0.2, 0.25) is 0 Å². The summed E-state index contributed by atoms with van der Waals surface area (Å²) in [6, 6.07) is 0. The fourth-order valence-corrected chi connectivity index (χ4v) is 1.16. The van der Waals surface area contributed by atoms with Crippen LogP contribution < -0.4 is 0 Å². The van der Waals surface area contributed by atoms with Crippen molar-refractivity contribution in [2.45, 2.75) is 6.42 Å². The molecule has 1 unspecified atom stereocenters. The van der Waals surface area contributed by atoms with Gasteiger partial charge in [0.25, 0.3) is 5.09 Å². The van der Waals surface area contributed by atoms with Crippen molar-refractivity contribution in [3.63, 3.8) is 0 Å². The van der Waals surface area contributed by atoms with Gasteiger partial charge < -0.3 is 9.94 Å². The maximum Gasteiger partial charge on any atom is 0.315 e. The second-order valence-electron chi connectivity index (χ2n) is 2.95. The van der Waals surface area contributed by atoms with E-state index in [1.807, 2.05) is 0 Å². The van der Waals surface area contributed by atoms with Gasteiger partial charge in [0.05, 0.1) is 0 Å². The number of carboxylic acids is 1. The molecule has 6 nitrogen and oxygen atoms in total. The fourth-order valence-electron chi connectivity index (χ4n) is 1.16. The highest BCUT2D eigenvalue weighted by Gasteiger charge is 2.37. The number of carboxylic acid groups (broad SMARTS) is 1. The maximum atomic E-state index is 10.9. The summed E-state index contributed by atoms with van der Waals surface area (Å²) in [5.74, 6) is -1.13. The minimum atomic E-state index is -1.30. The zero-order valence-corrected chi connectivity index (χ0v) is 7.25. The lowest BCUT2D eigenvalue weighted by molar-refractivity contribution is -0.759. The van der Waals surface area contributed by atoms with E-state index in [0.29, 0.717) is 0 Å². The molecule has 0 heterocycles. The van der Waals surface area contributed by atoms with Crippen molar-refractivity contribution in [3.05, 3.63) is 34.4 Å². The first-order chi connectivity index (χ1) is 6.57. The van der Waals surface area contributed by atoms with E-state index in [0.717, 1.165) is 0 Å². The number of hydrogen-bond acceptors (Lipinski definition) is 4. The van der Waals surface area contributed by atoms with Gasteiger partial charge in [-0.15, -0.1) is 10.1 Å². The van der Waals surface area contributed by atoms with Gasteiger partial charge in [-0.3, -0.25) is 4.79 Å². The van der Waals surface area contributed by atoms with Gasteiger partial charge in [0.2, 0.25) is 0 Å². The zero-order valence-electron chi connectivity index (χ0n) is 7.25. The van der Waals surface area contributed by atoms with Crippen molar-refractivity contribution in [3.8, 4) is 0 Å². The quantitative estimate of drug-likeness (QED) is 0.533. The highest BCUT2D eigenvalue weighted by molar-refractivity contribution is 5.78. The highest BCUT2D eigenvalue weighted by atomic mass is 16.9. The summed E-state index contributed by atoms with van der Waals surface area (Å²) in [5, 5.41) is 17.9. The van der Waals surface area contributed by atoms with Crippen LogP contribution in [0.15, 0.2) is 24.3 Å². The van der Waals surface area contributed by atoms with E-state index < -0.39 is 23.1 Å². The van der Waals surface area contributed by atoms with Crippen molar-refractivity contribution < 1.29 is 19.8 Å². The SMILES string of the molecule is O=C(O)C1(CO[N+](=O)[O-])C=CC=CC1. The summed E-state index contributed by atoms with van der Waals surface area (Å²) < 4.78 is 0. The predicted molar refractivity (Wildman–Crippen MR) is 45.9 cm³/mol. The van der Waals surface area contributed by atoms with Crippen molar-refractivity contribution in [1.82, 2.24) is 0 Å². The Hall–Kier alpha value is -1.85. The Bertz CT molecular complexity index is 309. The van der Waals surface area contributed by atoms with Gasteiger partial charge in [-0.25, -0.2) is 0 Å². The standard InChI is InChI=1S/C8H9NO5/c10-7(11)8(6-14-9(12)13)4-2-1-3-5-8/h1-4H,5-6H2,(H,10,11). The smallest absolute Gasteiger partial charge is 0.315 e. The van der Waals surface area contributed by atoms with E-state index in [1.165, 1.54) is 6.08 Å². The summed E-state index contributed by atoms with van der Waals surface area (Å²) in [7, 11) is 0. The van der Waals surface area contributed by atoms with Crippen LogP contribution in [0.3, 0.4) is 0 Å². The first-order valence-electron chi connectivity index (χ1n) is 3.92. The lowest BCUT2D eigenvalue weighted by Crippen LogP contribution is -2.35. The molecule has 0 aromatic heterocycles. The summed E-state index contributed by atoms with van der Waals surface area (Å²) >= 11 is 0. The average Bonchev–Trinajstić information content (AvgIpc) is 2.16. The Morgan fingerprint density at radius 3 is 2.79 bits per heavy atom. The van der Waals surface area contributed by atoms with Gasteiger partial charge in [0.15, 0.2) is 0 Å². The second kappa shape index (κ2) is 3.91. The first kappa shape index (κ1) is 10.2. The molecule has 0 saturated carbocycles. The van der Waals surface area contributed by atoms with Gasteiger partial charge in [-0.1, -0.05) is 24.3 Å². The van der Waals surface area contributed by atoms with Crippen LogP contribution in [0.5, 0.6) is 0 Å². The molecule has 0 aromatic carbocycles. The molecular formula is C8H9NO5. The maximum absolute atomic E-state index is 10.9. The largest absolute Gasteiger partial charge is 0.481 e. The van der Waals surface area contributed by atoms with E-state index in [1.54, 1.807) is 18.2 Å². The highest BCUT2D eigenvalue weighted by Crippen LogP contribution is 2.28. The Morgan fingerprint density at radius 1 is 1.64 bits per heavy atom. The van der Waals surface area contributed by atoms with Gasteiger partial charge in [-0.2, -0.15) is 0 Å². The van der Waals surface area contributed by atoms with Gasteiger partial charge in [-0.05, 0) is 6.42 Å². The van der Waals surface area contributed by atoms with Crippen molar-refractivity contribution in [2.75, 3.05) is 6.61 Å². The predicted octanol–water partition coefficient (Wildman–Crippen LogP) is 0.782. The van der Waals surface area contributed by atoms with Crippen molar-refractivity contribution in [1.29, 1.82) is 0 Å². The van der Waals surface area contributed by atoms with Crippen LogP contribution >= 0.6 is 0 Å². The van der Waals surface area contributed by atoms with Gasteiger partial charge >= 0.3 is 5.97 Å². The van der Waals surface area contributed by atoms with Crippen LogP contribution in [0.25, 0.3) is 0 Å². The van der Waals surface area contributed by atoms with Crippen LogP contribution in [0, 0.1) is 15.5 Å². The normalized spacial score (nSPS) is 24.6. The van der Waals surface area contributed by atoms with E-state index in [4.69, 9.17) is 5.11 Å². The molecular weight excluding hydrogens is 190 g/mol. The number of carbonyl (C=O) groups is 1. The second-order valence-corrected chi connectivity index (χ2v) is 2.95. The van der Waals surface area contributed by atoms with Gasteiger partial charge in [0.1, 0.15) is 12.0 Å². The third kappa shape index (κ3) is 2.09. The third-order valence-corrected chi connectivity index (χ3v) is 2.00. The molecule has 76 valence electrons. The topological polar surface area (TPSA) is 89.7 Å². The molecule has 1 atom stereocenters. The molecule has 0 bridgehead atoms. The summed E-state index contributed by atoms with van der Waals surface area (Å²) in [5.41, 5.74) is -1.30. The van der Waals surface area contributed by atoms with Crippen LogP contribution in [0.1, 0.15) is 6.42 Å². The molecule has 0 amide bonds. The fraction of sp³-hybridized carbons (Fsp3) is 0.375. The molecule has 6 heteroatoms. The van der Waals surface area contributed by atoms with E-state index in [9.17, 15) is 14.9 Å². The van der Waals surface area contributed by atoms with E-state index >= 15 is 0 Å². The van der Waals surface area contributed by atoms with Gasteiger partial charge in [0, 0.05) is 0 Å². The Morgan fingerprint density at radius 2 is 2.36 bits per heavy atom. The Kier molecular flexibility index (Phi) is 2.85. The molecule has 1 rings (SSSR count). The monoisotopic (exact) mass is 199 g/mol. The number of hydrogen-bond donors (Lipinski definition) is 1. The molecule has 14 heavy (non-hydrogen) atoms. The molecule has 0 saturated heterocycles. The van der Waals surface area contributed by atoms with Crippen LogP contribution in [-0.2, 0) is 9.63 Å². The summed E-state index contributed by atoms with van der Waals surface area (Å²) in [6.07, 6.45) is 6.47. The lowest BCUT2D eigenvalue weighted by atomic mass is 9.83. The summed E-state index contributed by atoms with van der Waals surface area (Å²) in [4.78, 5) is 25.0. The van der Waals surface area contributed by atoms with E-state index in [2.05, 4.69) is 4.84 Å². The number of rotatable bonds is 4. The Labute approximate surface area is 79.6 Å². The molecule has 1 N–H and O–H groups in total. The molecule has 0 aliphatic heterocycles. The van der Waals surface area contributed by atoms with Crippen molar-refractivity contribution in [2.24, 2.45) is 5.41 Å². The number of aliphatic carboxylic acids is 1. The molecule has 0 spiro atoms. The number of allylic oxidation sites excluding steroid dienone is 3. The zero-order chi connectivity index (χ0) is 10.6. The lowest BCUT2D eigenvalue weighted by Gasteiger charge is -2.24. The third-order valence-electron chi connectivity index (χ3n) is 2.00. The molecule has 0 aromatic rings. The molecule has 0 fully saturated rings.